The molecule has 12 nitrogen and oxygen atoms in total. The van der Waals surface area contributed by atoms with E-state index < -0.39 is 12.1 Å². The Labute approximate surface area is 321 Å². The van der Waals surface area contributed by atoms with E-state index in [2.05, 4.69) is 73.8 Å². The molecule has 3 unspecified atom stereocenters. The van der Waals surface area contributed by atoms with Gasteiger partial charge in [-0.3, -0.25) is 14.5 Å². The van der Waals surface area contributed by atoms with Gasteiger partial charge in [-0.2, -0.15) is 0 Å². The third-order valence-electron chi connectivity index (χ3n) is 12.0. The zero-order valence-electron chi connectivity index (χ0n) is 31.7. The van der Waals surface area contributed by atoms with Crippen LogP contribution in [0.15, 0.2) is 85.3 Å². The Bertz CT molecular complexity index is 2140. The number of imidazole rings is 2. The van der Waals surface area contributed by atoms with Crippen LogP contribution in [0.5, 0.6) is 0 Å². The van der Waals surface area contributed by atoms with Gasteiger partial charge in [-0.25, -0.2) is 19.7 Å². The van der Waals surface area contributed by atoms with E-state index in [9.17, 15) is 14.4 Å². The van der Waals surface area contributed by atoms with Crippen molar-refractivity contribution in [3.05, 3.63) is 97.0 Å². The summed E-state index contributed by atoms with van der Waals surface area (Å²) in [7, 11) is 3.13. The smallest absolute Gasteiger partial charge is 0.407 e. The number of hydrogen-bond donors (Lipinski definition) is 3. The largest absolute Gasteiger partial charge is 0.453 e. The number of carbonyl (C=O) groups is 3. The summed E-state index contributed by atoms with van der Waals surface area (Å²) in [6, 6.07) is 21.6. The lowest BCUT2D eigenvalue weighted by Gasteiger charge is -2.31. The average Bonchev–Trinajstić information content (AvgIpc) is 4.08. The molecule has 55 heavy (non-hydrogen) atoms. The summed E-state index contributed by atoms with van der Waals surface area (Å²) >= 11 is 0. The van der Waals surface area contributed by atoms with Gasteiger partial charge in [-0.05, 0) is 84.2 Å². The van der Waals surface area contributed by atoms with E-state index in [0.717, 1.165) is 77.4 Å². The fourth-order valence-corrected chi connectivity index (χ4v) is 9.11. The number of fused-ring (bicyclic) bond motifs is 2. The minimum absolute atomic E-state index is 0.0714. The minimum Gasteiger partial charge on any atom is -0.453 e. The van der Waals surface area contributed by atoms with Crippen molar-refractivity contribution in [1.82, 2.24) is 35.1 Å². The molecular formula is C43H48N8O4. The normalized spacial score (nSPS) is 22.2. The highest BCUT2D eigenvalue weighted by Crippen LogP contribution is 2.56. The molecule has 2 aromatic carbocycles. The highest BCUT2D eigenvalue weighted by atomic mass is 16.5. The Balaban J connectivity index is 0.935. The molecule has 0 radical (unpaired) electrons. The number of benzene rings is 2. The molecule has 284 valence electrons. The molecule has 3 aliphatic rings. The van der Waals surface area contributed by atoms with E-state index >= 15 is 0 Å². The van der Waals surface area contributed by atoms with Crippen molar-refractivity contribution in [3.8, 4) is 33.6 Å². The second kappa shape index (κ2) is 15.2. The number of carbonyl (C=O) groups excluding carboxylic acids is 3. The van der Waals surface area contributed by atoms with Crippen LogP contribution in [-0.4, -0.2) is 74.5 Å². The van der Waals surface area contributed by atoms with E-state index in [-0.39, 0.29) is 35.6 Å². The maximum absolute atomic E-state index is 13.8. The number of nitrogens with one attached hydrogen (secondary N) is 3. The van der Waals surface area contributed by atoms with Gasteiger partial charge in [0.15, 0.2) is 0 Å². The number of amides is 3. The van der Waals surface area contributed by atoms with Crippen molar-refractivity contribution in [2.45, 2.75) is 64.0 Å². The molecular weight excluding hydrogens is 693 g/mol. The molecule has 12 heteroatoms. The Kier molecular flexibility index (Phi) is 9.98. The summed E-state index contributed by atoms with van der Waals surface area (Å²) in [6.07, 6.45) is 9.77. The molecule has 6 atom stereocenters. The number of methoxy groups -OCH3 is 1. The number of ether oxygens (including phenoxy) is 1. The highest BCUT2D eigenvalue weighted by molar-refractivity contribution is 5.95. The van der Waals surface area contributed by atoms with Crippen LogP contribution in [0.4, 0.5) is 10.6 Å². The molecule has 8 rings (SSSR count). The molecule has 1 saturated heterocycles. The van der Waals surface area contributed by atoms with E-state index in [4.69, 9.17) is 9.72 Å². The van der Waals surface area contributed by atoms with Gasteiger partial charge in [0.05, 0.1) is 42.9 Å². The Hall–Kier alpha value is -5.78. The number of rotatable bonds is 10. The Morgan fingerprint density at radius 2 is 1.44 bits per heavy atom. The van der Waals surface area contributed by atoms with Crippen molar-refractivity contribution >= 4 is 23.7 Å². The first kappa shape index (κ1) is 36.2. The second-order valence-electron chi connectivity index (χ2n) is 15.5. The number of aromatic nitrogens is 5. The summed E-state index contributed by atoms with van der Waals surface area (Å²) in [4.78, 5) is 63.9. The molecule has 3 fully saturated rings. The number of pyridine rings is 1. The molecule has 2 saturated carbocycles. The summed E-state index contributed by atoms with van der Waals surface area (Å²) in [5.41, 5.74) is 6.04. The zero-order chi connectivity index (χ0) is 38.2. The van der Waals surface area contributed by atoms with Crippen molar-refractivity contribution in [2.75, 3.05) is 25.6 Å². The molecule has 1 aliphatic heterocycles. The van der Waals surface area contributed by atoms with Crippen LogP contribution in [0.2, 0.25) is 0 Å². The fraction of sp³-hybridized carbons (Fsp3) is 0.395. The van der Waals surface area contributed by atoms with Crippen LogP contribution in [0.25, 0.3) is 33.6 Å². The van der Waals surface area contributed by atoms with E-state index in [1.54, 1.807) is 11.1 Å². The van der Waals surface area contributed by atoms with Gasteiger partial charge >= 0.3 is 6.09 Å². The molecule has 4 heterocycles. The molecule has 3 amide bonds. The number of aromatic amines is 2. The number of H-pyrrole nitrogens is 2. The van der Waals surface area contributed by atoms with Crippen LogP contribution in [0.1, 0.15) is 69.6 Å². The monoisotopic (exact) mass is 740 g/mol. The summed E-state index contributed by atoms with van der Waals surface area (Å²) in [5, 5.41) is 2.70. The Morgan fingerprint density at radius 1 is 0.818 bits per heavy atom. The highest BCUT2D eigenvalue weighted by Gasteiger charge is 2.53. The third kappa shape index (κ3) is 7.01. The summed E-state index contributed by atoms with van der Waals surface area (Å²) in [6.45, 7) is 4.42. The molecule has 2 bridgehead atoms. The lowest BCUT2D eigenvalue weighted by molar-refractivity contribution is -0.135. The lowest BCUT2D eigenvalue weighted by atomic mass is 9.78. The lowest BCUT2D eigenvalue weighted by Crippen LogP contribution is -2.51. The maximum atomic E-state index is 13.8. The number of likely N-dealkylation sites (tertiary alicyclic amines) is 1. The predicted octanol–water partition coefficient (Wildman–Crippen LogP) is 7.37. The molecule has 0 spiro atoms. The summed E-state index contributed by atoms with van der Waals surface area (Å²) in [5.74, 6) is 3.00. The van der Waals surface area contributed by atoms with Gasteiger partial charge in [0.2, 0.25) is 11.8 Å². The fourth-order valence-electron chi connectivity index (χ4n) is 9.11. The average molecular weight is 741 g/mol. The molecule has 2 aliphatic carbocycles. The zero-order valence-corrected chi connectivity index (χ0v) is 31.7. The van der Waals surface area contributed by atoms with Crippen LogP contribution in [0.3, 0.4) is 0 Å². The van der Waals surface area contributed by atoms with Crippen molar-refractivity contribution in [2.24, 2.45) is 23.7 Å². The van der Waals surface area contributed by atoms with Crippen LogP contribution >= 0.6 is 0 Å². The van der Waals surface area contributed by atoms with Gasteiger partial charge < -0.3 is 24.9 Å². The number of anilines is 1. The van der Waals surface area contributed by atoms with Crippen LogP contribution in [0, 0.1) is 23.7 Å². The predicted molar refractivity (Wildman–Crippen MR) is 210 cm³/mol. The first-order chi connectivity index (χ1) is 26.7. The van der Waals surface area contributed by atoms with Crippen molar-refractivity contribution in [3.63, 3.8) is 0 Å². The number of hydrogen-bond acceptors (Lipinski definition) is 7. The third-order valence-corrected chi connectivity index (χ3v) is 12.0. The van der Waals surface area contributed by atoms with E-state index in [1.165, 1.54) is 7.11 Å². The molecule has 3 N–H and O–H groups in total. The topological polar surface area (TPSA) is 149 Å². The minimum atomic E-state index is -0.677. The summed E-state index contributed by atoms with van der Waals surface area (Å²) < 4.78 is 4.76. The Morgan fingerprint density at radius 3 is 2.05 bits per heavy atom. The molecule has 3 aromatic heterocycles. The SMILES string of the molecule is COC(=O)N[C@H](C(=O)N1CCC[C@H]1c1ncc(-c2ccc(-c3ccc(-c4cnc([C@@H]5C6CCC(C6)C5C(=O)N(C)c5ccccn5)[nH]4)cc3)cc2)[nH]1)C(C)C. The first-order valence-corrected chi connectivity index (χ1v) is 19.3. The van der Waals surface area contributed by atoms with Crippen LogP contribution < -0.4 is 10.2 Å². The number of alkyl carbamates (subject to hydrolysis) is 1. The maximum Gasteiger partial charge on any atom is 0.407 e. The first-order valence-electron chi connectivity index (χ1n) is 19.3. The second-order valence-corrected chi connectivity index (χ2v) is 15.5. The number of nitrogens with zero attached hydrogens (tertiary/aromatic N) is 5. The van der Waals surface area contributed by atoms with Gasteiger partial charge in [0.1, 0.15) is 23.5 Å². The van der Waals surface area contributed by atoms with E-state index in [1.807, 2.05) is 56.4 Å². The van der Waals surface area contributed by atoms with Gasteiger partial charge in [-0.15, -0.1) is 0 Å². The van der Waals surface area contributed by atoms with Crippen LogP contribution in [-0.2, 0) is 14.3 Å². The van der Waals surface area contributed by atoms with Gasteiger partial charge in [-0.1, -0.05) is 68.4 Å². The standard InChI is InChI=1S/C43H48N8O4/c1-25(2)38(49-43(54)55-4)42(53)51-21-7-8-34(51)39-45-23-32(47-39)28-14-10-26(11-15-28)27-12-16-29(17-13-27)33-24-46-40(48-33)36-30-18-19-31(22-30)37(36)41(52)50(3)35-9-5-6-20-44-35/h5-6,9-17,20,23-25,30-31,34,36-38H,7-8,18-19,21-22H2,1-4H3,(H,45,47)(H,46,48)(H,49,54)/t30?,31?,34-,36+,37?,38-/m0/s1. The van der Waals surface area contributed by atoms with Gasteiger partial charge in [0.25, 0.3) is 0 Å². The van der Waals surface area contributed by atoms with Crippen molar-refractivity contribution in [1.29, 1.82) is 0 Å². The molecule has 5 aromatic rings. The van der Waals surface area contributed by atoms with Crippen molar-refractivity contribution < 1.29 is 19.1 Å². The van der Waals surface area contributed by atoms with E-state index in [0.29, 0.717) is 24.2 Å². The quantitative estimate of drug-likeness (QED) is 0.135. The van der Waals surface area contributed by atoms with Gasteiger partial charge in [0, 0.05) is 25.7 Å².